The summed E-state index contributed by atoms with van der Waals surface area (Å²) in [5, 5.41) is 0. The minimum atomic E-state index is 0.935. The van der Waals surface area contributed by atoms with Crippen molar-refractivity contribution in [3.8, 4) is 0 Å². The molecule has 2 rings (SSSR count). The van der Waals surface area contributed by atoms with E-state index in [9.17, 15) is 0 Å². The lowest BCUT2D eigenvalue weighted by molar-refractivity contribution is 0.939. The van der Waals surface area contributed by atoms with Gasteiger partial charge in [-0.15, -0.1) is 0 Å². The summed E-state index contributed by atoms with van der Waals surface area (Å²) in [5.41, 5.74) is 4.08. The maximum atomic E-state index is 4.25. The van der Waals surface area contributed by atoms with Gasteiger partial charge in [-0.05, 0) is 36.1 Å². The Labute approximate surface area is 80.6 Å². The SMILES string of the molecule is Cc1c(Br)ccc2c1CCN=C2. The minimum Gasteiger partial charge on any atom is -0.292 e. The second kappa shape index (κ2) is 3.02. The second-order valence-electron chi connectivity index (χ2n) is 3.03. The van der Waals surface area contributed by atoms with E-state index in [1.54, 1.807) is 0 Å². The Kier molecular flexibility index (Phi) is 2.01. The Bertz CT molecular complexity index is 342. The molecule has 2 heteroatoms. The second-order valence-corrected chi connectivity index (χ2v) is 3.88. The molecule has 0 aliphatic carbocycles. The van der Waals surface area contributed by atoms with Crippen molar-refractivity contribution in [3.63, 3.8) is 0 Å². The van der Waals surface area contributed by atoms with E-state index >= 15 is 0 Å². The molecular weight excluding hydrogens is 214 g/mol. The predicted octanol–water partition coefficient (Wildman–Crippen LogP) is 2.73. The van der Waals surface area contributed by atoms with Gasteiger partial charge in [0.25, 0.3) is 0 Å². The fourth-order valence-corrected chi connectivity index (χ4v) is 1.91. The van der Waals surface area contributed by atoms with Crippen molar-refractivity contribution < 1.29 is 0 Å². The first-order valence-electron chi connectivity index (χ1n) is 4.07. The van der Waals surface area contributed by atoms with Crippen LogP contribution in [0.4, 0.5) is 0 Å². The lowest BCUT2D eigenvalue weighted by Gasteiger charge is -2.13. The molecule has 0 aromatic heterocycles. The number of hydrogen-bond acceptors (Lipinski definition) is 1. The van der Waals surface area contributed by atoms with E-state index in [-0.39, 0.29) is 0 Å². The fourth-order valence-electron chi connectivity index (χ4n) is 1.54. The normalized spacial score (nSPS) is 14.5. The third kappa shape index (κ3) is 1.20. The van der Waals surface area contributed by atoms with Gasteiger partial charge < -0.3 is 0 Å². The number of hydrogen-bond donors (Lipinski definition) is 0. The topological polar surface area (TPSA) is 12.4 Å². The number of aliphatic imine (C=N–C) groups is 1. The molecule has 62 valence electrons. The van der Waals surface area contributed by atoms with Crippen molar-refractivity contribution in [2.24, 2.45) is 4.99 Å². The van der Waals surface area contributed by atoms with E-state index in [2.05, 4.69) is 40.0 Å². The van der Waals surface area contributed by atoms with Gasteiger partial charge >= 0.3 is 0 Å². The Morgan fingerprint density at radius 1 is 1.42 bits per heavy atom. The van der Waals surface area contributed by atoms with Gasteiger partial charge in [-0.1, -0.05) is 22.0 Å². The van der Waals surface area contributed by atoms with Crippen LogP contribution in [0.2, 0.25) is 0 Å². The molecule has 0 amide bonds. The molecule has 1 aliphatic rings. The summed E-state index contributed by atoms with van der Waals surface area (Å²) in [6.45, 7) is 3.09. The van der Waals surface area contributed by atoms with Gasteiger partial charge in [-0.2, -0.15) is 0 Å². The highest BCUT2D eigenvalue weighted by molar-refractivity contribution is 9.10. The van der Waals surface area contributed by atoms with Crippen molar-refractivity contribution >= 4 is 22.1 Å². The van der Waals surface area contributed by atoms with Gasteiger partial charge in [-0.25, -0.2) is 0 Å². The first-order chi connectivity index (χ1) is 5.79. The molecule has 0 saturated heterocycles. The fraction of sp³-hybridized carbons (Fsp3) is 0.300. The molecule has 1 nitrogen and oxygen atoms in total. The van der Waals surface area contributed by atoms with E-state index in [0.29, 0.717) is 0 Å². The van der Waals surface area contributed by atoms with Crippen LogP contribution in [-0.4, -0.2) is 12.8 Å². The molecule has 0 saturated carbocycles. The van der Waals surface area contributed by atoms with E-state index in [0.717, 1.165) is 13.0 Å². The lowest BCUT2D eigenvalue weighted by atomic mass is 9.98. The molecule has 0 spiro atoms. The smallest absolute Gasteiger partial charge is 0.0430 e. The summed E-state index contributed by atoms with van der Waals surface area (Å²) in [5.74, 6) is 0. The van der Waals surface area contributed by atoms with Crippen LogP contribution >= 0.6 is 15.9 Å². The van der Waals surface area contributed by atoms with E-state index in [1.165, 1.54) is 21.2 Å². The zero-order valence-electron chi connectivity index (χ0n) is 6.97. The minimum absolute atomic E-state index is 0.935. The summed E-state index contributed by atoms with van der Waals surface area (Å²) >= 11 is 3.53. The lowest BCUT2D eigenvalue weighted by Crippen LogP contribution is -2.05. The quantitative estimate of drug-likeness (QED) is 0.642. The van der Waals surface area contributed by atoms with Crippen LogP contribution in [0.3, 0.4) is 0 Å². The third-order valence-corrected chi connectivity index (χ3v) is 3.15. The highest BCUT2D eigenvalue weighted by atomic mass is 79.9. The Hall–Kier alpha value is -0.630. The molecule has 0 unspecified atom stereocenters. The number of fused-ring (bicyclic) bond motifs is 1. The Morgan fingerprint density at radius 3 is 3.08 bits per heavy atom. The summed E-state index contributed by atoms with van der Waals surface area (Å²) in [7, 11) is 0. The Balaban J connectivity index is 2.63. The third-order valence-electron chi connectivity index (χ3n) is 2.29. The van der Waals surface area contributed by atoms with Crippen LogP contribution in [-0.2, 0) is 6.42 Å². The molecular formula is C10H10BrN. The van der Waals surface area contributed by atoms with Gasteiger partial charge in [0.1, 0.15) is 0 Å². The van der Waals surface area contributed by atoms with E-state index in [1.807, 2.05) is 6.21 Å². The standard InChI is InChI=1S/C10H10BrN/c1-7-9-4-5-12-6-8(9)2-3-10(7)11/h2-3,6H,4-5H2,1H3. The summed E-state index contributed by atoms with van der Waals surface area (Å²) in [4.78, 5) is 4.25. The van der Waals surface area contributed by atoms with Crippen molar-refractivity contribution in [1.29, 1.82) is 0 Å². The first kappa shape index (κ1) is 7.99. The summed E-state index contributed by atoms with van der Waals surface area (Å²) in [6, 6.07) is 4.21. The van der Waals surface area contributed by atoms with Crippen LogP contribution in [0, 0.1) is 6.92 Å². The van der Waals surface area contributed by atoms with Gasteiger partial charge in [0.2, 0.25) is 0 Å². The van der Waals surface area contributed by atoms with Gasteiger partial charge in [0.15, 0.2) is 0 Å². The van der Waals surface area contributed by atoms with Crippen molar-refractivity contribution in [2.45, 2.75) is 13.3 Å². The van der Waals surface area contributed by atoms with Gasteiger partial charge in [0.05, 0.1) is 0 Å². The molecule has 12 heavy (non-hydrogen) atoms. The molecule has 0 N–H and O–H groups in total. The van der Waals surface area contributed by atoms with Crippen LogP contribution < -0.4 is 0 Å². The highest BCUT2D eigenvalue weighted by Crippen LogP contribution is 2.24. The molecule has 0 atom stereocenters. The maximum Gasteiger partial charge on any atom is 0.0430 e. The zero-order valence-corrected chi connectivity index (χ0v) is 8.56. The summed E-state index contributed by atoms with van der Waals surface area (Å²) < 4.78 is 1.21. The molecule has 0 radical (unpaired) electrons. The molecule has 1 aliphatic heterocycles. The monoisotopic (exact) mass is 223 g/mol. The zero-order chi connectivity index (χ0) is 8.55. The van der Waals surface area contributed by atoms with E-state index < -0.39 is 0 Å². The predicted molar refractivity (Wildman–Crippen MR) is 55.0 cm³/mol. The van der Waals surface area contributed by atoms with Crippen molar-refractivity contribution in [2.75, 3.05) is 6.54 Å². The molecule has 0 fully saturated rings. The van der Waals surface area contributed by atoms with Crippen molar-refractivity contribution in [1.82, 2.24) is 0 Å². The number of nitrogens with zero attached hydrogens (tertiary/aromatic N) is 1. The largest absolute Gasteiger partial charge is 0.292 e. The molecule has 1 heterocycles. The van der Waals surface area contributed by atoms with Crippen LogP contribution in [0.5, 0.6) is 0 Å². The maximum absolute atomic E-state index is 4.25. The Morgan fingerprint density at radius 2 is 2.25 bits per heavy atom. The van der Waals surface area contributed by atoms with Crippen LogP contribution in [0.1, 0.15) is 16.7 Å². The molecule has 1 aromatic rings. The molecule has 0 bridgehead atoms. The number of benzene rings is 1. The molecule has 1 aromatic carbocycles. The van der Waals surface area contributed by atoms with Crippen LogP contribution in [0.25, 0.3) is 0 Å². The van der Waals surface area contributed by atoms with Gasteiger partial charge in [-0.3, -0.25) is 4.99 Å². The van der Waals surface area contributed by atoms with Gasteiger partial charge in [0, 0.05) is 17.2 Å². The van der Waals surface area contributed by atoms with Crippen LogP contribution in [0.15, 0.2) is 21.6 Å². The summed E-state index contributed by atoms with van der Waals surface area (Å²) in [6.07, 6.45) is 3.05. The first-order valence-corrected chi connectivity index (χ1v) is 4.86. The average Bonchev–Trinajstić information content (AvgIpc) is 2.12. The average molecular weight is 224 g/mol. The number of halogens is 1. The van der Waals surface area contributed by atoms with E-state index in [4.69, 9.17) is 0 Å². The number of rotatable bonds is 0. The highest BCUT2D eigenvalue weighted by Gasteiger charge is 2.09. The van der Waals surface area contributed by atoms with Crippen molar-refractivity contribution in [3.05, 3.63) is 33.3 Å².